The average molecular weight is 255 g/mol. The van der Waals surface area contributed by atoms with Gasteiger partial charge in [0.2, 0.25) is 0 Å². The molecule has 0 saturated carbocycles. The Morgan fingerprint density at radius 3 is 2.69 bits per heavy atom. The first-order chi connectivity index (χ1) is 7.61. The predicted octanol–water partition coefficient (Wildman–Crippen LogP) is 3.55. The summed E-state index contributed by atoms with van der Waals surface area (Å²) >= 11 is 5.71. The number of nitrogens with zero attached hydrogens (tertiary/aromatic N) is 1. The molecule has 1 aromatic heterocycles. The van der Waals surface area contributed by atoms with E-state index in [1.165, 1.54) is 24.5 Å². The normalized spacial score (nSPS) is 10.5. The molecule has 0 amide bonds. The molecule has 5 heteroatoms. The van der Waals surface area contributed by atoms with Crippen molar-refractivity contribution in [2.75, 3.05) is 7.11 Å². The first kappa shape index (κ1) is 11.4. The van der Waals surface area contributed by atoms with Crippen molar-refractivity contribution in [2.45, 2.75) is 11.1 Å². The zero-order valence-electron chi connectivity index (χ0n) is 8.82. The van der Waals surface area contributed by atoms with Crippen LogP contribution in [0.25, 0.3) is 10.6 Å². The van der Waals surface area contributed by atoms with Crippen molar-refractivity contribution in [1.29, 1.82) is 0 Å². The van der Waals surface area contributed by atoms with Crippen LogP contribution < -0.4 is 4.74 Å². The summed E-state index contributed by atoms with van der Waals surface area (Å²) in [6, 6.07) is 4.80. The first-order valence-corrected chi connectivity index (χ1v) is 5.88. The van der Waals surface area contributed by atoms with E-state index in [1.54, 1.807) is 12.1 Å². The number of halogens is 1. The molecule has 2 rings (SSSR count). The van der Waals surface area contributed by atoms with E-state index >= 15 is 0 Å². The Balaban J connectivity index is 2.45. The van der Waals surface area contributed by atoms with Crippen LogP contribution in [0.1, 0.15) is 5.69 Å². The molecule has 0 aliphatic carbocycles. The van der Waals surface area contributed by atoms with Crippen LogP contribution >= 0.6 is 24.0 Å². The summed E-state index contributed by atoms with van der Waals surface area (Å²) < 4.78 is 19.2. The van der Waals surface area contributed by atoms with Crippen molar-refractivity contribution >= 4 is 24.0 Å². The second kappa shape index (κ2) is 4.43. The van der Waals surface area contributed by atoms with Crippen molar-refractivity contribution in [1.82, 2.24) is 4.98 Å². The highest BCUT2D eigenvalue weighted by atomic mass is 32.2. The smallest absolute Gasteiger partial charge is 0.165 e. The van der Waals surface area contributed by atoms with Crippen LogP contribution in [0.3, 0.4) is 0 Å². The second-order valence-corrected chi connectivity index (χ2v) is 5.01. The summed E-state index contributed by atoms with van der Waals surface area (Å²) in [7, 11) is 1.44. The molecule has 0 aliphatic heterocycles. The van der Waals surface area contributed by atoms with Crippen molar-refractivity contribution in [2.24, 2.45) is 0 Å². The molecule has 2 nitrogen and oxygen atoms in total. The Labute approximate surface area is 103 Å². The van der Waals surface area contributed by atoms with Gasteiger partial charge in [0.15, 0.2) is 11.6 Å². The largest absolute Gasteiger partial charge is 0.494 e. The molecule has 0 saturated heterocycles. The number of aryl methyl sites for hydroxylation is 1. The van der Waals surface area contributed by atoms with Gasteiger partial charge in [0, 0.05) is 5.56 Å². The SMILES string of the molecule is COc1ccc(-c2nc(C)c(S)s2)cc1F. The number of thiol groups is 1. The number of aromatic nitrogens is 1. The van der Waals surface area contributed by atoms with Gasteiger partial charge in [-0.15, -0.1) is 24.0 Å². The molecule has 0 N–H and O–H groups in total. The maximum atomic E-state index is 13.5. The number of methoxy groups -OCH3 is 1. The molecule has 2 aromatic rings. The maximum absolute atomic E-state index is 13.5. The molecule has 0 unspecified atom stereocenters. The Kier molecular flexibility index (Phi) is 3.16. The third-order valence-electron chi connectivity index (χ3n) is 2.17. The molecule has 0 aliphatic rings. The maximum Gasteiger partial charge on any atom is 0.165 e. The monoisotopic (exact) mass is 255 g/mol. The van der Waals surface area contributed by atoms with Gasteiger partial charge in [0.25, 0.3) is 0 Å². The van der Waals surface area contributed by atoms with E-state index in [2.05, 4.69) is 17.6 Å². The highest BCUT2D eigenvalue weighted by Crippen LogP contribution is 2.32. The molecule has 0 spiro atoms. The van der Waals surface area contributed by atoms with Gasteiger partial charge < -0.3 is 4.74 Å². The van der Waals surface area contributed by atoms with Crippen LogP contribution in [0.15, 0.2) is 22.4 Å². The van der Waals surface area contributed by atoms with Crippen LogP contribution in [0, 0.1) is 12.7 Å². The quantitative estimate of drug-likeness (QED) is 0.829. The van der Waals surface area contributed by atoms with E-state index in [0.29, 0.717) is 0 Å². The van der Waals surface area contributed by atoms with Crippen molar-refractivity contribution < 1.29 is 9.13 Å². The van der Waals surface area contributed by atoms with Crippen LogP contribution in [-0.2, 0) is 0 Å². The third-order valence-corrected chi connectivity index (χ3v) is 3.78. The Bertz CT molecular complexity index is 505. The average Bonchev–Trinajstić information content (AvgIpc) is 2.59. The van der Waals surface area contributed by atoms with Crippen LogP contribution in [-0.4, -0.2) is 12.1 Å². The van der Waals surface area contributed by atoms with Crippen LogP contribution in [0.4, 0.5) is 4.39 Å². The molecular formula is C11H10FNOS2. The van der Waals surface area contributed by atoms with E-state index in [0.717, 1.165) is 20.5 Å². The van der Waals surface area contributed by atoms with Gasteiger partial charge in [-0.1, -0.05) is 0 Å². The van der Waals surface area contributed by atoms with Gasteiger partial charge in [-0.2, -0.15) is 0 Å². The lowest BCUT2D eigenvalue weighted by molar-refractivity contribution is 0.386. The van der Waals surface area contributed by atoms with Crippen LogP contribution in [0.5, 0.6) is 5.75 Å². The minimum absolute atomic E-state index is 0.239. The minimum atomic E-state index is -0.381. The zero-order valence-corrected chi connectivity index (χ0v) is 10.5. The lowest BCUT2D eigenvalue weighted by Gasteiger charge is -2.02. The van der Waals surface area contributed by atoms with E-state index in [1.807, 2.05) is 6.92 Å². The fraction of sp³-hybridized carbons (Fsp3) is 0.182. The van der Waals surface area contributed by atoms with E-state index in [4.69, 9.17) is 4.74 Å². The number of thiazole rings is 1. The lowest BCUT2D eigenvalue weighted by Crippen LogP contribution is -1.88. The van der Waals surface area contributed by atoms with Gasteiger partial charge in [-0.05, 0) is 25.1 Å². The van der Waals surface area contributed by atoms with Gasteiger partial charge >= 0.3 is 0 Å². The summed E-state index contributed by atoms with van der Waals surface area (Å²) in [4.78, 5) is 4.31. The molecular weight excluding hydrogens is 245 g/mol. The van der Waals surface area contributed by atoms with E-state index in [-0.39, 0.29) is 11.6 Å². The van der Waals surface area contributed by atoms with Crippen molar-refractivity contribution in [3.63, 3.8) is 0 Å². The van der Waals surface area contributed by atoms with Gasteiger partial charge in [-0.3, -0.25) is 0 Å². The number of rotatable bonds is 2. The first-order valence-electron chi connectivity index (χ1n) is 4.62. The summed E-state index contributed by atoms with van der Waals surface area (Å²) in [5, 5.41) is 0.768. The molecule has 1 heterocycles. The Hall–Kier alpha value is -1.07. The Morgan fingerprint density at radius 1 is 1.44 bits per heavy atom. The summed E-state index contributed by atoms with van der Waals surface area (Å²) in [6.45, 7) is 1.88. The number of ether oxygens (including phenoxy) is 1. The minimum Gasteiger partial charge on any atom is -0.494 e. The van der Waals surface area contributed by atoms with E-state index < -0.39 is 0 Å². The van der Waals surface area contributed by atoms with Crippen molar-refractivity contribution in [3.8, 4) is 16.3 Å². The summed E-state index contributed by atoms with van der Waals surface area (Å²) in [6.07, 6.45) is 0. The van der Waals surface area contributed by atoms with E-state index in [9.17, 15) is 4.39 Å². The molecule has 1 aromatic carbocycles. The van der Waals surface area contributed by atoms with Gasteiger partial charge in [0.05, 0.1) is 17.0 Å². The second-order valence-electron chi connectivity index (χ2n) is 3.26. The molecule has 0 fully saturated rings. The number of benzene rings is 1. The standard InChI is InChI=1S/C11H10FNOS2/c1-6-11(15)16-10(13-6)7-3-4-9(14-2)8(12)5-7/h3-5,15H,1-2H3. The number of hydrogen-bond acceptors (Lipinski definition) is 4. The predicted molar refractivity (Wildman–Crippen MR) is 66.0 cm³/mol. The molecule has 0 atom stereocenters. The fourth-order valence-corrected chi connectivity index (χ4v) is 2.42. The molecule has 16 heavy (non-hydrogen) atoms. The third kappa shape index (κ3) is 2.05. The summed E-state index contributed by atoms with van der Waals surface area (Å²) in [5.41, 5.74) is 1.60. The number of hydrogen-bond donors (Lipinski definition) is 1. The molecule has 0 bridgehead atoms. The van der Waals surface area contributed by atoms with Crippen molar-refractivity contribution in [3.05, 3.63) is 29.7 Å². The fourth-order valence-electron chi connectivity index (χ4n) is 1.31. The lowest BCUT2D eigenvalue weighted by atomic mass is 10.2. The topological polar surface area (TPSA) is 22.1 Å². The van der Waals surface area contributed by atoms with Gasteiger partial charge in [-0.25, -0.2) is 9.37 Å². The van der Waals surface area contributed by atoms with Gasteiger partial charge in [0.1, 0.15) is 5.01 Å². The zero-order chi connectivity index (χ0) is 11.7. The molecule has 0 radical (unpaired) electrons. The van der Waals surface area contributed by atoms with Crippen LogP contribution in [0.2, 0.25) is 0 Å². The molecule has 84 valence electrons. The summed E-state index contributed by atoms with van der Waals surface area (Å²) in [5.74, 6) is -0.142. The highest BCUT2D eigenvalue weighted by molar-refractivity contribution is 7.83. The highest BCUT2D eigenvalue weighted by Gasteiger charge is 2.09. The Morgan fingerprint density at radius 2 is 2.19 bits per heavy atom.